The van der Waals surface area contributed by atoms with E-state index in [9.17, 15) is 0 Å². The van der Waals surface area contributed by atoms with Crippen molar-refractivity contribution in [1.29, 1.82) is 0 Å². The maximum atomic E-state index is 6.48. The van der Waals surface area contributed by atoms with Crippen LogP contribution in [0, 0.1) is 0 Å². The summed E-state index contributed by atoms with van der Waals surface area (Å²) in [6, 6.07) is 123. The van der Waals surface area contributed by atoms with Crippen LogP contribution in [0.4, 0.5) is 34.1 Å². The summed E-state index contributed by atoms with van der Waals surface area (Å²) < 4.78 is 21.9. The van der Waals surface area contributed by atoms with Crippen molar-refractivity contribution in [3.63, 3.8) is 0 Å². The second kappa shape index (κ2) is 22.5. The Morgan fingerprint density at radius 3 is 1.17 bits per heavy atom. The maximum absolute atomic E-state index is 6.48. The fraction of sp³-hybridized carbons (Fsp3) is 0. The molecule has 0 amide bonds. The zero-order valence-corrected chi connectivity index (χ0v) is 53.7. The predicted molar refractivity (Wildman–Crippen MR) is 413 cm³/mol. The molecule has 0 fully saturated rings. The Bertz CT molecular complexity index is 6590. The quantitative estimate of drug-likeness (QED) is 0.129. The SMILES string of the molecule is c1ccc(-c2cccc(N(c3ccc4sc5ccccc5c4c3)c3ccc4cc(-c5ccc(-c6cccc(N(c7ccc8oc9ccccc9c8c7)c7ccc8ccccc8c7-c7ccc8oc9ccccc9c8c7)c6)cc5)ccc4c3-c3ccc4oc5ccccc5c4c3)c2)cc1. The number of hydrogen-bond donors (Lipinski definition) is 0. The van der Waals surface area contributed by atoms with Crippen LogP contribution in [-0.2, 0) is 0 Å². The molecule has 0 spiro atoms. The molecule has 16 aromatic carbocycles. The number of para-hydroxylation sites is 3. The molecule has 4 heterocycles. The third kappa shape index (κ3) is 9.22. The van der Waals surface area contributed by atoms with Gasteiger partial charge in [0.05, 0.1) is 11.4 Å². The molecule has 0 radical (unpaired) electrons. The van der Waals surface area contributed by atoms with E-state index < -0.39 is 0 Å². The molecule has 0 aliphatic rings. The van der Waals surface area contributed by atoms with Crippen molar-refractivity contribution in [3.8, 4) is 55.6 Å². The number of hydrogen-bond acceptors (Lipinski definition) is 6. The van der Waals surface area contributed by atoms with E-state index in [-0.39, 0.29) is 0 Å². The highest BCUT2D eigenvalue weighted by atomic mass is 32.1. The van der Waals surface area contributed by atoms with Crippen molar-refractivity contribution in [1.82, 2.24) is 0 Å². The lowest BCUT2D eigenvalue weighted by molar-refractivity contribution is 0.668. The van der Waals surface area contributed by atoms with E-state index in [4.69, 9.17) is 13.3 Å². The molecule has 5 nitrogen and oxygen atoms in total. The van der Waals surface area contributed by atoms with Gasteiger partial charge >= 0.3 is 0 Å². The van der Waals surface area contributed by atoms with Gasteiger partial charge in [0, 0.05) is 86.4 Å². The van der Waals surface area contributed by atoms with Gasteiger partial charge in [0.2, 0.25) is 0 Å². The minimum absolute atomic E-state index is 0.849. The second-order valence-electron chi connectivity index (χ2n) is 25.5. The molecule has 20 aromatic rings. The normalized spacial score (nSPS) is 11.9. The Labute approximate surface area is 567 Å². The first-order chi connectivity index (χ1) is 48.5. The summed E-state index contributed by atoms with van der Waals surface area (Å²) in [5.41, 5.74) is 22.8. The lowest BCUT2D eigenvalue weighted by Gasteiger charge is -2.29. The summed E-state index contributed by atoms with van der Waals surface area (Å²) in [5.74, 6) is 0. The summed E-state index contributed by atoms with van der Waals surface area (Å²) in [6.07, 6.45) is 0. The highest BCUT2D eigenvalue weighted by molar-refractivity contribution is 7.25. The summed E-state index contributed by atoms with van der Waals surface area (Å²) in [7, 11) is 0. The van der Waals surface area contributed by atoms with Gasteiger partial charge in [-0.1, -0.05) is 212 Å². The maximum Gasteiger partial charge on any atom is 0.135 e. The fourth-order valence-electron chi connectivity index (χ4n) is 15.2. The molecule has 0 N–H and O–H groups in total. The number of thiophene rings is 1. The smallest absolute Gasteiger partial charge is 0.135 e. The zero-order valence-electron chi connectivity index (χ0n) is 52.9. The van der Waals surface area contributed by atoms with E-state index in [0.717, 1.165) is 172 Å². The molecule has 0 bridgehead atoms. The first-order valence-electron chi connectivity index (χ1n) is 33.2. The van der Waals surface area contributed by atoms with Crippen molar-refractivity contribution in [3.05, 3.63) is 340 Å². The minimum atomic E-state index is 0.849. The molecule has 0 saturated carbocycles. The molecular weight excluding hydrogens is 1210 g/mol. The molecule has 6 heteroatoms. The molecule has 0 saturated heterocycles. The number of anilines is 6. The van der Waals surface area contributed by atoms with Crippen LogP contribution in [-0.4, -0.2) is 0 Å². The third-order valence-corrected chi connectivity index (χ3v) is 21.0. The molecular formula is C92H56N2O3S. The predicted octanol–water partition coefficient (Wildman–Crippen LogP) is 27.3. The van der Waals surface area contributed by atoms with Gasteiger partial charge in [-0.3, -0.25) is 0 Å². The average molecular weight is 1270 g/mol. The molecule has 0 atom stereocenters. The number of furan rings is 3. The van der Waals surface area contributed by atoms with Crippen molar-refractivity contribution >= 4 is 153 Å². The highest BCUT2D eigenvalue weighted by Gasteiger charge is 2.26. The van der Waals surface area contributed by atoms with Gasteiger partial charge in [0.15, 0.2) is 0 Å². The van der Waals surface area contributed by atoms with Crippen LogP contribution in [0.15, 0.2) is 353 Å². The number of rotatable bonds is 11. The molecule has 20 rings (SSSR count). The Morgan fingerprint density at radius 1 is 0.194 bits per heavy atom. The van der Waals surface area contributed by atoms with E-state index in [2.05, 4.69) is 319 Å². The van der Waals surface area contributed by atoms with Gasteiger partial charge in [-0.2, -0.15) is 0 Å². The monoisotopic (exact) mass is 1270 g/mol. The van der Waals surface area contributed by atoms with Crippen LogP contribution < -0.4 is 9.80 Å². The lowest BCUT2D eigenvalue weighted by atomic mass is 9.91. The molecule has 0 unspecified atom stereocenters. The Kier molecular flexibility index (Phi) is 12.8. The highest BCUT2D eigenvalue weighted by Crippen LogP contribution is 2.51. The van der Waals surface area contributed by atoms with E-state index in [1.165, 1.54) is 25.7 Å². The molecule has 458 valence electrons. The summed E-state index contributed by atoms with van der Waals surface area (Å²) in [5, 5.41) is 13.6. The van der Waals surface area contributed by atoms with Gasteiger partial charge in [-0.15, -0.1) is 11.3 Å². The topological polar surface area (TPSA) is 45.9 Å². The standard InChI is InChI=1S/C92H56N2O3S/c1-2-16-57(17-3-1)61-19-14-21-67(51-61)94(70-42-49-90-80(56-70)76-27-9-13-31-89(76)98-90)82-45-38-64-50-63(36-43-72(64)92(82)66-40-47-87-78(54-66)74-25-7-11-29-84(74)96-87)59-34-32-58(33-35-59)62-20-15-22-68(52-62)93(69-41-48-88-79(55-69)75-26-8-12-30-85(75)97-88)81-44-37-60-18-4-5-23-71(60)91(81)65-39-46-86-77(53-65)73-24-6-10-28-83(73)95-86/h1-56H. The zero-order chi connectivity index (χ0) is 64.4. The van der Waals surface area contributed by atoms with Crippen molar-refractivity contribution < 1.29 is 13.3 Å². The largest absolute Gasteiger partial charge is 0.456 e. The van der Waals surface area contributed by atoms with E-state index in [1.807, 2.05) is 41.7 Å². The van der Waals surface area contributed by atoms with Crippen LogP contribution in [0.5, 0.6) is 0 Å². The van der Waals surface area contributed by atoms with Crippen molar-refractivity contribution in [2.24, 2.45) is 0 Å². The second-order valence-corrected chi connectivity index (χ2v) is 26.6. The van der Waals surface area contributed by atoms with Crippen molar-refractivity contribution in [2.45, 2.75) is 0 Å². The van der Waals surface area contributed by atoms with Gasteiger partial charge < -0.3 is 23.1 Å². The summed E-state index contributed by atoms with van der Waals surface area (Å²) >= 11 is 1.84. The first kappa shape index (κ1) is 55.7. The summed E-state index contributed by atoms with van der Waals surface area (Å²) in [6.45, 7) is 0. The van der Waals surface area contributed by atoms with Gasteiger partial charge in [0.25, 0.3) is 0 Å². The minimum Gasteiger partial charge on any atom is -0.456 e. The van der Waals surface area contributed by atoms with Crippen LogP contribution >= 0.6 is 11.3 Å². The average Bonchev–Trinajstić information content (AvgIpc) is 1.10. The van der Waals surface area contributed by atoms with Crippen LogP contribution in [0.1, 0.15) is 0 Å². The molecule has 0 aliphatic heterocycles. The van der Waals surface area contributed by atoms with Gasteiger partial charge in [-0.25, -0.2) is 0 Å². The number of benzene rings is 16. The van der Waals surface area contributed by atoms with Gasteiger partial charge in [-0.05, 0) is 193 Å². The number of fused-ring (bicyclic) bond motifs is 14. The van der Waals surface area contributed by atoms with E-state index >= 15 is 0 Å². The lowest BCUT2D eigenvalue weighted by Crippen LogP contribution is -2.11. The van der Waals surface area contributed by atoms with Crippen molar-refractivity contribution in [2.75, 3.05) is 9.80 Å². The van der Waals surface area contributed by atoms with E-state index in [1.54, 1.807) is 0 Å². The molecule has 0 aliphatic carbocycles. The summed E-state index contributed by atoms with van der Waals surface area (Å²) in [4.78, 5) is 4.89. The van der Waals surface area contributed by atoms with Crippen LogP contribution in [0.25, 0.3) is 163 Å². The molecule has 4 aromatic heterocycles. The van der Waals surface area contributed by atoms with Gasteiger partial charge in [0.1, 0.15) is 33.5 Å². The fourth-order valence-corrected chi connectivity index (χ4v) is 16.3. The Morgan fingerprint density at radius 2 is 0.582 bits per heavy atom. The van der Waals surface area contributed by atoms with E-state index in [0.29, 0.717) is 0 Å². The Hall–Kier alpha value is -12.7. The first-order valence-corrected chi connectivity index (χ1v) is 34.1. The van der Waals surface area contributed by atoms with Crippen LogP contribution in [0.2, 0.25) is 0 Å². The number of nitrogens with zero attached hydrogens (tertiary/aromatic N) is 2. The molecule has 98 heavy (non-hydrogen) atoms. The Balaban J connectivity index is 0.721. The third-order valence-electron chi connectivity index (χ3n) is 19.8. The van der Waals surface area contributed by atoms with Crippen LogP contribution in [0.3, 0.4) is 0 Å².